The number of methoxy groups -OCH3 is 2. The van der Waals surface area contributed by atoms with Crippen molar-refractivity contribution in [1.29, 1.82) is 0 Å². The maximum atomic E-state index is 12.3. The Morgan fingerprint density at radius 2 is 2.05 bits per heavy atom. The lowest BCUT2D eigenvalue weighted by Gasteiger charge is -2.11. The summed E-state index contributed by atoms with van der Waals surface area (Å²) in [7, 11) is 3.02. The molecule has 0 bridgehead atoms. The Morgan fingerprint density at radius 1 is 1.25 bits per heavy atom. The fourth-order valence-corrected chi connectivity index (χ4v) is 2.03. The first kappa shape index (κ1) is 14.3. The van der Waals surface area contributed by atoms with Crippen LogP contribution in [0.4, 0.5) is 5.69 Å². The number of benzene rings is 1. The first-order valence-corrected chi connectivity index (χ1v) is 6.59. The van der Waals surface area contributed by atoms with Gasteiger partial charge in [-0.1, -0.05) is 15.9 Å². The van der Waals surface area contributed by atoms with Crippen LogP contribution in [0.2, 0.25) is 0 Å². The number of pyridine rings is 1. The number of ether oxygens (including phenoxy) is 2. The lowest BCUT2D eigenvalue weighted by atomic mass is 10.2. The molecule has 0 aliphatic rings. The van der Waals surface area contributed by atoms with Crippen LogP contribution in [-0.4, -0.2) is 25.1 Å². The number of amides is 1. The summed E-state index contributed by atoms with van der Waals surface area (Å²) in [6.07, 6.45) is 1.59. The van der Waals surface area contributed by atoms with Gasteiger partial charge in [-0.2, -0.15) is 0 Å². The highest BCUT2D eigenvalue weighted by Crippen LogP contribution is 2.26. The molecule has 0 atom stereocenters. The maximum Gasteiger partial charge on any atom is 0.259 e. The van der Waals surface area contributed by atoms with Crippen LogP contribution in [-0.2, 0) is 0 Å². The standard InChI is InChI=1S/C14H13BrN2O3/c1-19-12-8-9(15)5-6-10(12)13(18)17-11-4-3-7-16-14(11)20-2/h3-8H,1-2H3,(H,17,18). The number of nitrogens with zero attached hydrogens (tertiary/aromatic N) is 1. The molecule has 0 saturated heterocycles. The first-order chi connectivity index (χ1) is 9.65. The number of anilines is 1. The van der Waals surface area contributed by atoms with Crippen molar-refractivity contribution < 1.29 is 14.3 Å². The molecule has 0 saturated carbocycles. The molecule has 1 heterocycles. The molecule has 2 aromatic rings. The van der Waals surface area contributed by atoms with Gasteiger partial charge in [0.05, 0.1) is 19.8 Å². The number of aromatic nitrogens is 1. The van der Waals surface area contributed by atoms with E-state index in [0.29, 0.717) is 22.9 Å². The smallest absolute Gasteiger partial charge is 0.259 e. The Morgan fingerprint density at radius 3 is 2.75 bits per heavy atom. The van der Waals surface area contributed by atoms with Gasteiger partial charge in [-0.15, -0.1) is 0 Å². The van der Waals surface area contributed by atoms with Crippen molar-refractivity contribution in [2.45, 2.75) is 0 Å². The number of hydrogen-bond acceptors (Lipinski definition) is 4. The van der Waals surface area contributed by atoms with Crippen LogP contribution in [0.25, 0.3) is 0 Å². The minimum Gasteiger partial charge on any atom is -0.496 e. The molecule has 0 aliphatic heterocycles. The molecule has 104 valence electrons. The highest BCUT2D eigenvalue weighted by atomic mass is 79.9. The highest BCUT2D eigenvalue weighted by Gasteiger charge is 2.14. The summed E-state index contributed by atoms with van der Waals surface area (Å²) >= 11 is 3.33. The van der Waals surface area contributed by atoms with Crippen molar-refractivity contribution in [3.8, 4) is 11.6 Å². The van der Waals surface area contributed by atoms with Crippen LogP contribution in [0.1, 0.15) is 10.4 Å². The third-order valence-corrected chi connectivity index (χ3v) is 3.11. The van der Waals surface area contributed by atoms with E-state index in [2.05, 4.69) is 26.2 Å². The third kappa shape index (κ3) is 3.08. The largest absolute Gasteiger partial charge is 0.496 e. The molecule has 5 nitrogen and oxygen atoms in total. The maximum absolute atomic E-state index is 12.3. The zero-order valence-corrected chi connectivity index (χ0v) is 12.6. The van der Waals surface area contributed by atoms with Gasteiger partial charge < -0.3 is 14.8 Å². The summed E-state index contributed by atoms with van der Waals surface area (Å²) in [5.41, 5.74) is 0.937. The number of rotatable bonds is 4. The molecule has 0 unspecified atom stereocenters. The lowest BCUT2D eigenvalue weighted by Crippen LogP contribution is -2.14. The Labute approximate surface area is 125 Å². The predicted octanol–water partition coefficient (Wildman–Crippen LogP) is 3.11. The average molecular weight is 337 g/mol. The van der Waals surface area contributed by atoms with E-state index in [-0.39, 0.29) is 5.91 Å². The quantitative estimate of drug-likeness (QED) is 0.931. The second-order valence-corrected chi connectivity index (χ2v) is 4.77. The highest BCUT2D eigenvalue weighted by molar-refractivity contribution is 9.10. The molecule has 0 fully saturated rings. The number of carbonyl (C=O) groups is 1. The average Bonchev–Trinajstić information content (AvgIpc) is 2.47. The van der Waals surface area contributed by atoms with Gasteiger partial charge in [0.15, 0.2) is 0 Å². The van der Waals surface area contributed by atoms with Crippen molar-refractivity contribution in [3.63, 3.8) is 0 Å². The van der Waals surface area contributed by atoms with Gasteiger partial charge in [0, 0.05) is 10.7 Å². The van der Waals surface area contributed by atoms with Gasteiger partial charge in [-0.25, -0.2) is 4.98 Å². The Kier molecular flexibility index (Phi) is 4.57. The van der Waals surface area contributed by atoms with E-state index >= 15 is 0 Å². The Hall–Kier alpha value is -2.08. The molecular formula is C14H13BrN2O3. The van der Waals surface area contributed by atoms with Crippen molar-refractivity contribution in [3.05, 3.63) is 46.6 Å². The molecule has 0 radical (unpaired) electrons. The summed E-state index contributed by atoms with van der Waals surface area (Å²) in [5.74, 6) is 0.553. The predicted molar refractivity (Wildman–Crippen MR) is 79.4 cm³/mol. The van der Waals surface area contributed by atoms with Crippen LogP contribution in [0, 0.1) is 0 Å². The van der Waals surface area contributed by atoms with Gasteiger partial charge in [0.2, 0.25) is 5.88 Å². The van der Waals surface area contributed by atoms with Crippen molar-refractivity contribution in [2.75, 3.05) is 19.5 Å². The molecule has 0 aliphatic carbocycles. The van der Waals surface area contributed by atoms with Crippen LogP contribution in [0.15, 0.2) is 41.0 Å². The lowest BCUT2D eigenvalue weighted by molar-refractivity contribution is 0.102. The number of hydrogen-bond donors (Lipinski definition) is 1. The monoisotopic (exact) mass is 336 g/mol. The Bertz CT molecular complexity index is 632. The molecule has 1 aromatic heterocycles. The molecule has 6 heteroatoms. The van der Waals surface area contributed by atoms with E-state index in [9.17, 15) is 4.79 Å². The van der Waals surface area contributed by atoms with E-state index in [1.807, 2.05) is 0 Å². The number of carbonyl (C=O) groups excluding carboxylic acids is 1. The van der Waals surface area contributed by atoms with E-state index in [1.165, 1.54) is 14.2 Å². The number of nitrogens with one attached hydrogen (secondary N) is 1. The van der Waals surface area contributed by atoms with Crippen LogP contribution in [0.5, 0.6) is 11.6 Å². The zero-order valence-electron chi connectivity index (χ0n) is 11.0. The van der Waals surface area contributed by atoms with Gasteiger partial charge >= 0.3 is 0 Å². The Balaban J connectivity index is 2.28. The summed E-state index contributed by atoms with van der Waals surface area (Å²) < 4.78 is 11.1. The molecular weight excluding hydrogens is 324 g/mol. The SMILES string of the molecule is COc1cc(Br)ccc1C(=O)Nc1cccnc1OC. The minimum atomic E-state index is -0.291. The molecule has 1 N–H and O–H groups in total. The molecule has 20 heavy (non-hydrogen) atoms. The minimum absolute atomic E-state index is 0.291. The first-order valence-electron chi connectivity index (χ1n) is 5.79. The summed E-state index contributed by atoms with van der Waals surface area (Å²) in [5, 5.41) is 2.75. The molecule has 2 rings (SSSR count). The fraction of sp³-hybridized carbons (Fsp3) is 0.143. The summed E-state index contributed by atoms with van der Waals surface area (Å²) in [4.78, 5) is 16.3. The van der Waals surface area contributed by atoms with E-state index in [4.69, 9.17) is 9.47 Å². The van der Waals surface area contributed by atoms with Gasteiger partial charge in [0.25, 0.3) is 5.91 Å². The topological polar surface area (TPSA) is 60.5 Å². The van der Waals surface area contributed by atoms with Crippen LogP contribution >= 0.6 is 15.9 Å². The fourth-order valence-electron chi connectivity index (χ4n) is 1.69. The summed E-state index contributed by atoms with van der Waals surface area (Å²) in [6, 6.07) is 8.63. The number of halogens is 1. The van der Waals surface area contributed by atoms with Crippen LogP contribution < -0.4 is 14.8 Å². The van der Waals surface area contributed by atoms with Crippen molar-refractivity contribution in [2.24, 2.45) is 0 Å². The second kappa shape index (κ2) is 6.38. The van der Waals surface area contributed by atoms with Gasteiger partial charge in [0.1, 0.15) is 11.4 Å². The van der Waals surface area contributed by atoms with E-state index < -0.39 is 0 Å². The second-order valence-electron chi connectivity index (χ2n) is 3.86. The van der Waals surface area contributed by atoms with Crippen molar-refractivity contribution >= 4 is 27.5 Å². The summed E-state index contributed by atoms with van der Waals surface area (Å²) in [6.45, 7) is 0. The molecule has 0 spiro atoms. The van der Waals surface area contributed by atoms with Gasteiger partial charge in [-0.05, 0) is 30.3 Å². The normalized spacial score (nSPS) is 9.95. The van der Waals surface area contributed by atoms with Crippen molar-refractivity contribution in [1.82, 2.24) is 4.98 Å². The van der Waals surface area contributed by atoms with E-state index in [0.717, 1.165) is 4.47 Å². The van der Waals surface area contributed by atoms with Crippen LogP contribution in [0.3, 0.4) is 0 Å². The molecule has 1 aromatic carbocycles. The molecule has 1 amide bonds. The third-order valence-electron chi connectivity index (χ3n) is 2.62. The van der Waals surface area contributed by atoms with Gasteiger partial charge in [-0.3, -0.25) is 4.79 Å². The van der Waals surface area contributed by atoms with E-state index in [1.54, 1.807) is 36.5 Å². The zero-order chi connectivity index (χ0) is 14.5.